The predicted octanol–water partition coefficient (Wildman–Crippen LogP) is 6.39. The Hall–Kier alpha value is -1.88. The number of benzene rings is 2. The molecule has 2 rings (SSSR count). The van der Waals surface area contributed by atoms with Crippen molar-refractivity contribution in [3.8, 4) is 11.5 Å². The van der Waals surface area contributed by atoms with Gasteiger partial charge in [0, 0.05) is 23.6 Å². The standard InChI is InChI=1S/C20H24BrFN2O/c1-5-7-24(6-2)13-23-19-8-15(4)20(9-14(19)3)25-18-11-16(21)10-17(22)12-18/h8-13H,5-7H2,1-4H3/b23-13+. The average Bonchev–Trinajstić information content (AvgIpc) is 2.54. The first kappa shape index (κ1) is 19.4. The topological polar surface area (TPSA) is 24.8 Å². The quantitative estimate of drug-likeness (QED) is 0.393. The predicted molar refractivity (Wildman–Crippen MR) is 106 cm³/mol. The van der Waals surface area contributed by atoms with Crippen LogP contribution in [-0.4, -0.2) is 24.3 Å². The Morgan fingerprint density at radius 1 is 1.12 bits per heavy atom. The van der Waals surface area contributed by atoms with Crippen LogP contribution in [0.1, 0.15) is 31.4 Å². The summed E-state index contributed by atoms with van der Waals surface area (Å²) in [6, 6.07) is 8.45. The van der Waals surface area contributed by atoms with Gasteiger partial charge in [-0.05, 0) is 62.6 Å². The summed E-state index contributed by atoms with van der Waals surface area (Å²) in [7, 11) is 0. The van der Waals surface area contributed by atoms with E-state index in [0.29, 0.717) is 16.0 Å². The molecule has 3 nitrogen and oxygen atoms in total. The first-order valence-corrected chi connectivity index (χ1v) is 9.25. The van der Waals surface area contributed by atoms with Crippen LogP contribution in [0.25, 0.3) is 0 Å². The number of halogens is 2. The van der Waals surface area contributed by atoms with E-state index >= 15 is 0 Å². The fraction of sp³-hybridized carbons (Fsp3) is 0.350. The minimum absolute atomic E-state index is 0.337. The van der Waals surface area contributed by atoms with Gasteiger partial charge in [0.1, 0.15) is 17.3 Å². The maximum absolute atomic E-state index is 13.5. The Bertz CT molecular complexity index is 741. The van der Waals surface area contributed by atoms with E-state index in [-0.39, 0.29) is 5.82 Å². The van der Waals surface area contributed by atoms with Crippen LogP contribution < -0.4 is 4.74 Å². The van der Waals surface area contributed by atoms with Gasteiger partial charge in [0.25, 0.3) is 0 Å². The summed E-state index contributed by atoms with van der Waals surface area (Å²) in [5, 5.41) is 0. The molecule has 25 heavy (non-hydrogen) atoms. The number of hydrogen-bond acceptors (Lipinski definition) is 2. The molecule has 0 aliphatic rings. The zero-order valence-electron chi connectivity index (χ0n) is 15.1. The van der Waals surface area contributed by atoms with Gasteiger partial charge in [0.2, 0.25) is 0 Å². The van der Waals surface area contributed by atoms with Crippen molar-refractivity contribution in [3.63, 3.8) is 0 Å². The second-order valence-electron chi connectivity index (χ2n) is 5.98. The molecule has 0 radical (unpaired) electrons. The number of ether oxygens (including phenoxy) is 1. The summed E-state index contributed by atoms with van der Waals surface area (Å²) >= 11 is 3.28. The third kappa shape index (κ3) is 5.56. The summed E-state index contributed by atoms with van der Waals surface area (Å²) in [4.78, 5) is 6.79. The number of aryl methyl sites for hydroxylation is 2. The molecular weight excluding hydrogens is 383 g/mol. The van der Waals surface area contributed by atoms with E-state index in [9.17, 15) is 4.39 Å². The molecule has 0 heterocycles. The van der Waals surface area contributed by atoms with Crippen LogP contribution in [0, 0.1) is 19.7 Å². The molecule has 0 fully saturated rings. The van der Waals surface area contributed by atoms with Crippen LogP contribution in [0.2, 0.25) is 0 Å². The normalized spacial score (nSPS) is 11.1. The zero-order valence-corrected chi connectivity index (χ0v) is 16.7. The molecular formula is C20H24BrFN2O. The third-order valence-corrected chi connectivity index (χ3v) is 4.29. The molecule has 2 aromatic rings. The number of nitrogens with zero attached hydrogens (tertiary/aromatic N) is 2. The van der Waals surface area contributed by atoms with Gasteiger partial charge in [-0.3, -0.25) is 0 Å². The Balaban J connectivity index is 2.23. The Labute approximate surface area is 157 Å². The molecule has 0 saturated carbocycles. The van der Waals surface area contributed by atoms with Gasteiger partial charge in [0.15, 0.2) is 0 Å². The van der Waals surface area contributed by atoms with E-state index in [4.69, 9.17) is 4.74 Å². The maximum atomic E-state index is 13.5. The zero-order chi connectivity index (χ0) is 18.4. The summed E-state index contributed by atoms with van der Waals surface area (Å²) in [5.41, 5.74) is 2.89. The Morgan fingerprint density at radius 3 is 2.52 bits per heavy atom. The highest BCUT2D eigenvalue weighted by Gasteiger charge is 2.08. The van der Waals surface area contributed by atoms with Crippen LogP contribution in [0.15, 0.2) is 39.8 Å². The van der Waals surface area contributed by atoms with Gasteiger partial charge >= 0.3 is 0 Å². The number of hydrogen-bond donors (Lipinski definition) is 0. The smallest absolute Gasteiger partial charge is 0.131 e. The first-order chi connectivity index (χ1) is 11.9. The average molecular weight is 407 g/mol. The Kier molecular flexibility index (Phi) is 7.00. The van der Waals surface area contributed by atoms with Crippen LogP contribution in [0.5, 0.6) is 11.5 Å². The highest BCUT2D eigenvalue weighted by Crippen LogP contribution is 2.32. The second-order valence-corrected chi connectivity index (χ2v) is 6.90. The van der Waals surface area contributed by atoms with Crippen LogP contribution in [0.4, 0.5) is 10.1 Å². The molecule has 5 heteroatoms. The SMILES string of the molecule is CCCN(/C=N/c1cc(C)c(Oc2cc(F)cc(Br)c2)cc1C)CC. The molecule has 0 spiro atoms. The van der Waals surface area contributed by atoms with Crippen molar-refractivity contribution >= 4 is 28.0 Å². The molecule has 2 aromatic carbocycles. The molecule has 0 N–H and O–H groups in total. The second kappa shape index (κ2) is 8.99. The van der Waals surface area contributed by atoms with Gasteiger partial charge in [0.05, 0.1) is 12.0 Å². The summed E-state index contributed by atoms with van der Waals surface area (Å²) < 4.78 is 20.0. The highest BCUT2D eigenvalue weighted by atomic mass is 79.9. The van der Waals surface area contributed by atoms with Crippen molar-refractivity contribution in [2.75, 3.05) is 13.1 Å². The lowest BCUT2D eigenvalue weighted by molar-refractivity contribution is 0.452. The lowest BCUT2D eigenvalue weighted by Crippen LogP contribution is -2.21. The van der Waals surface area contributed by atoms with E-state index in [1.165, 1.54) is 12.1 Å². The van der Waals surface area contributed by atoms with Gasteiger partial charge in [-0.25, -0.2) is 9.38 Å². The van der Waals surface area contributed by atoms with Crippen LogP contribution in [0.3, 0.4) is 0 Å². The van der Waals surface area contributed by atoms with Crippen LogP contribution >= 0.6 is 15.9 Å². The van der Waals surface area contributed by atoms with Crippen molar-refractivity contribution in [1.29, 1.82) is 0 Å². The number of aliphatic imine (C=N–C) groups is 1. The highest BCUT2D eigenvalue weighted by molar-refractivity contribution is 9.10. The van der Waals surface area contributed by atoms with Crippen molar-refractivity contribution in [2.24, 2.45) is 4.99 Å². The summed E-state index contributed by atoms with van der Waals surface area (Å²) in [5.74, 6) is 0.830. The number of rotatable bonds is 7. The molecule has 134 valence electrons. The van der Waals surface area contributed by atoms with Gasteiger partial charge < -0.3 is 9.64 Å². The summed E-state index contributed by atoms with van der Waals surface area (Å²) in [6.45, 7) is 10.2. The van der Waals surface area contributed by atoms with Crippen molar-refractivity contribution in [1.82, 2.24) is 4.90 Å². The molecule has 0 amide bonds. The lowest BCUT2D eigenvalue weighted by atomic mass is 10.1. The van der Waals surface area contributed by atoms with Crippen molar-refractivity contribution < 1.29 is 9.13 Å². The van der Waals surface area contributed by atoms with E-state index in [0.717, 1.165) is 36.3 Å². The first-order valence-electron chi connectivity index (χ1n) is 8.46. The molecule has 0 saturated heterocycles. The van der Waals surface area contributed by atoms with Gasteiger partial charge in [-0.1, -0.05) is 22.9 Å². The van der Waals surface area contributed by atoms with E-state index < -0.39 is 0 Å². The van der Waals surface area contributed by atoms with Crippen molar-refractivity contribution in [2.45, 2.75) is 34.1 Å². The minimum Gasteiger partial charge on any atom is -0.457 e. The van der Waals surface area contributed by atoms with Gasteiger partial charge in [-0.2, -0.15) is 0 Å². The molecule has 0 atom stereocenters. The largest absolute Gasteiger partial charge is 0.457 e. The monoisotopic (exact) mass is 406 g/mol. The minimum atomic E-state index is -0.337. The molecule has 0 unspecified atom stereocenters. The fourth-order valence-electron chi connectivity index (χ4n) is 2.47. The van der Waals surface area contributed by atoms with Crippen molar-refractivity contribution in [3.05, 3.63) is 51.7 Å². The van der Waals surface area contributed by atoms with Gasteiger partial charge in [-0.15, -0.1) is 0 Å². The fourth-order valence-corrected chi connectivity index (χ4v) is 2.91. The van der Waals surface area contributed by atoms with E-state index in [2.05, 4.69) is 39.7 Å². The molecule has 0 aromatic heterocycles. The van der Waals surface area contributed by atoms with Crippen LogP contribution in [-0.2, 0) is 0 Å². The summed E-state index contributed by atoms with van der Waals surface area (Å²) in [6.07, 6.45) is 2.99. The lowest BCUT2D eigenvalue weighted by Gasteiger charge is -2.16. The molecule has 0 aliphatic heterocycles. The Morgan fingerprint density at radius 2 is 1.88 bits per heavy atom. The molecule has 0 aliphatic carbocycles. The maximum Gasteiger partial charge on any atom is 0.131 e. The van der Waals surface area contributed by atoms with E-state index in [1.807, 2.05) is 32.3 Å². The molecule has 0 bridgehead atoms. The van der Waals surface area contributed by atoms with E-state index in [1.54, 1.807) is 6.07 Å². The third-order valence-electron chi connectivity index (χ3n) is 3.83.